The Morgan fingerprint density at radius 2 is 1.70 bits per heavy atom. The van der Waals surface area contributed by atoms with Gasteiger partial charge in [0.15, 0.2) is 8.32 Å². The molecule has 0 aromatic heterocycles. The lowest BCUT2D eigenvalue weighted by Gasteiger charge is -2.36. The van der Waals surface area contributed by atoms with Crippen LogP contribution in [0.5, 0.6) is 0 Å². The molecule has 3 nitrogen and oxygen atoms in total. The standard InChI is InChI=1S/C18H30BrNO2Si/c1-13-11-16(12-14(2)17(13)19)20(15(3)21)9-10-22-23(7,8)18(4,5)6/h11-12H,9-10H2,1-8H3. The van der Waals surface area contributed by atoms with Crippen molar-refractivity contribution in [3.63, 3.8) is 0 Å². The van der Waals surface area contributed by atoms with Crippen LogP contribution in [0, 0.1) is 13.8 Å². The molecule has 5 heteroatoms. The van der Waals surface area contributed by atoms with E-state index in [0.717, 1.165) is 21.3 Å². The molecule has 130 valence electrons. The molecule has 0 radical (unpaired) electrons. The van der Waals surface area contributed by atoms with E-state index in [1.165, 1.54) is 0 Å². The third kappa shape index (κ3) is 5.16. The molecule has 0 aliphatic heterocycles. The SMILES string of the molecule is CC(=O)N(CCO[Si](C)(C)C(C)(C)C)c1cc(C)c(Br)c(C)c1. The second-order valence-corrected chi connectivity index (χ2v) is 13.3. The Morgan fingerprint density at radius 3 is 2.09 bits per heavy atom. The van der Waals surface area contributed by atoms with Gasteiger partial charge in [0.1, 0.15) is 0 Å². The van der Waals surface area contributed by atoms with Crippen LogP contribution in [0.4, 0.5) is 5.69 Å². The molecule has 0 saturated carbocycles. The highest BCUT2D eigenvalue weighted by Crippen LogP contribution is 2.36. The summed E-state index contributed by atoms with van der Waals surface area (Å²) in [4.78, 5) is 13.9. The monoisotopic (exact) mass is 399 g/mol. The Kier molecular flexibility index (Phi) is 6.64. The molecule has 0 unspecified atom stereocenters. The number of nitrogens with zero attached hydrogens (tertiary/aromatic N) is 1. The third-order valence-electron chi connectivity index (χ3n) is 4.70. The van der Waals surface area contributed by atoms with Gasteiger partial charge in [0.25, 0.3) is 0 Å². The number of carbonyl (C=O) groups excluding carboxylic acids is 1. The molecule has 1 aromatic rings. The minimum Gasteiger partial charge on any atom is -0.415 e. The van der Waals surface area contributed by atoms with Crippen molar-refractivity contribution in [3.05, 3.63) is 27.7 Å². The summed E-state index contributed by atoms with van der Waals surface area (Å²) in [5.74, 6) is 0.0463. The van der Waals surface area contributed by atoms with Crippen molar-refractivity contribution in [1.29, 1.82) is 0 Å². The lowest BCUT2D eigenvalue weighted by Crippen LogP contribution is -2.43. The average Bonchev–Trinajstić information content (AvgIpc) is 2.38. The van der Waals surface area contributed by atoms with Crippen molar-refractivity contribution in [1.82, 2.24) is 0 Å². The number of hydrogen-bond donors (Lipinski definition) is 0. The lowest BCUT2D eigenvalue weighted by atomic mass is 10.1. The molecule has 0 heterocycles. The number of halogens is 1. The lowest BCUT2D eigenvalue weighted by molar-refractivity contribution is -0.116. The average molecular weight is 400 g/mol. The number of anilines is 1. The molecule has 0 aliphatic carbocycles. The Hall–Kier alpha value is -0.653. The van der Waals surface area contributed by atoms with Gasteiger partial charge >= 0.3 is 0 Å². The molecular weight excluding hydrogens is 370 g/mol. The van der Waals surface area contributed by atoms with Crippen molar-refractivity contribution < 1.29 is 9.22 Å². The van der Waals surface area contributed by atoms with E-state index in [-0.39, 0.29) is 10.9 Å². The topological polar surface area (TPSA) is 29.5 Å². The molecule has 0 N–H and O–H groups in total. The Labute approximate surface area is 150 Å². The van der Waals surface area contributed by atoms with E-state index in [1.54, 1.807) is 11.8 Å². The zero-order chi connectivity index (χ0) is 18.0. The summed E-state index contributed by atoms with van der Waals surface area (Å²) in [5, 5.41) is 0.179. The van der Waals surface area contributed by atoms with Gasteiger partial charge in [0.05, 0.1) is 6.61 Å². The number of hydrogen-bond acceptors (Lipinski definition) is 2. The van der Waals surface area contributed by atoms with Crippen molar-refractivity contribution in [2.75, 3.05) is 18.1 Å². The summed E-state index contributed by atoms with van der Waals surface area (Å²) < 4.78 is 7.32. The molecule has 1 aromatic carbocycles. The van der Waals surface area contributed by atoms with Gasteiger partial charge < -0.3 is 9.33 Å². The fourth-order valence-corrected chi connectivity index (χ4v) is 3.42. The van der Waals surface area contributed by atoms with E-state index in [2.05, 4.69) is 49.8 Å². The summed E-state index contributed by atoms with van der Waals surface area (Å²) in [5.41, 5.74) is 3.21. The molecule has 1 amide bonds. The first-order valence-corrected chi connectivity index (χ1v) is 11.8. The fourth-order valence-electron chi connectivity index (χ4n) is 2.16. The zero-order valence-corrected chi connectivity index (χ0v) is 18.3. The van der Waals surface area contributed by atoms with Crippen LogP contribution in [-0.4, -0.2) is 27.4 Å². The summed E-state index contributed by atoms with van der Waals surface area (Å²) in [7, 11) is -1.78. The number of rotatable bonds is 5. The number of benzene rings is 1. The van der Waals surface area contributed by atoms with Gasteiger partial charge in [-0.1, -0.05) is 36.7 Å². The second kappa shape index (κ2) is 7.49. The maximum atomic E-state index is 12.1. The van der Waals surface area contributed by atoms with Crippen LogP contribution in [0.2, 0.25) is 18.1 Å². The van der Waals surface area contributed by atoms with Gasteiger partial charge in [-0.3, -0.25) is 4.79 Å². The number of aryl methyl sites for hydroxylation is 2. The normalized spacial score (nSPS) is 12.4. The van der Waals surface area contributed by atoms with Gasteiger partial charge in [-0.2, -0.15) is 0 Å². The van der Waals surface area contributed by atoms with Crippen LogP contribution in [0.3, 0.4) is 0 Å². The predicted molar refractivity (Wildman–Crippen MR) is 105 cm³/mol. The van der Waals surface area contributed by atoms with Gasteiger partial charge in [-0.25, -0.2) is 0 Å². The van der Waals surface area contributed by atoms with Crippen LogP contribution in [0.25, 0.3) is 0 Å². The van der Waals surface area contributed by atoms with Crippen LogP contribution in [-0.2, 0) is 9.22 Å². The van der Waals surface area contributed by atoms with E-state index in [4.69, 9.17) is 4.43 Å². The van der Waals surface area contributed by atoms with Crippen molar-refractivity contribution >= 4 is 35.8 Å². The predicted octanol–water partition coefficient (Wildman–Crippen LogP) is 5.44. The van der Waals surface area contributed by atoms with E-state index in [9.17, 15) is 4.79 Å². The zero-order valence-electron chi connectivity index (χ0n) is 15.7. The molecule has 0 fully saturated rings. The molecule has 0 bridgehead atoms. The third-order valence-corrected chi connectivity index (χ3v) is 10.5. The molecule has 1 rings (SSSR count). The van der Waals surface area contributed by atoms with Gasteiger partial charge in [0, 0.05) is 23.6 Å². The van der Waals surface area contributed by atoms with Gasteiger partial charge in [0.2, 0.25) is 5.91 Å². The van der Waals surface area contributed by atoms with Crippen molar-refractivity contribution in [3.8, 4) is 0 Å². The van der Waals surface area contributed by atoms with E-state index < -0.39 is 8.32 Å². The fraction of sp³-hybridized carbons (Fsp3) is 0.611. The Bertz CT molecular complexity index is 556. The quantitative estimate of drug-likeness (QED) is 0.616. The van der Waals surface area contributed by atoms with E-state index in [1.807, 2.05) is 26.0 Å². The van der Waals surface area contributed by atoms with Crippen molar-refractivity contribution in [2.24, 2.45) is 0 Å². The summed E-state index contributed by atoms with van der Waals surface area (Å²) in [6.07, 6.45) is 0. The summed E-state index contributed by atoms with van der Waals surface area (Å²) in [6.45, 7) is 18.0. The van der Waals surface area contributed by atoms with E-state index in [0.29, 0.717) is 13.2 Å². The first-order valence-electron chi connectivity index (χ1n) is 8.05. The molecule has 0 spiro atoms. The largest absolute Gasteiger partial charge is 0.415 e. The minimum atomic E-state index is -1.78. The Morgan fingerprint density at radius 1 is 1.22 bits per heavy atom. The molecule has 23 heavy (non-hydrogen) atoms. The maximum absolute atomic E-state index is 12.1. The number of carbonyl (C=O) groups is 1. The highest BCUT2D eigenvalue weighted by molar-refractivity contribution is 9.10. The molecule has 0 saturated heterocycles. The van der Waals surface area contributed by atoms with Crippen LogP contribution < -0.4 is 4.90 Å². The van der Waals surface area contributed by atoms with Gasteiger partial charge in [-0.05, 0) is 55.2 Å². The smallest absolute Gasteiger partial charge is 0.223 e. The minimum absolute atomic E-state index is 0.0463. The van der Waals surface area contributed by atoms with Crippen LogP contribution >= 0.6 is 15.9 Å². The van der Waals surface area contributed by atoms with Crippen molar-refractivity contribution in [2.45, 2.75) is 59.7 Å². The molecular formula is C18H30BrNO2Si. The second-order valence-electron chi connectivity index (χ2n) is 7.67. The summed E-state index contributed by atoms with van der Waals surface area (Å²) >= 11 is 3.58. The van der Waals surface area contributed by atoms with Gasteiger partial charge in [-0.15, -0.1) is 0 Å². The highest BCUT2D eigenvalue weighted by atomic mass is 79.9. The van der Waals surface area contributed by atoms with Crippen LogP contribution in [0.1, 0.15) is 38.8 Å². The Balaban J connectivity index is 2.88. The first-order chi connectivity index (χ1) is 10.4. The molecule has 0 atom stereocenters. The highest BCUT2D eigenvalue weighted by Gasteiger charge is 2.37. The maximum Gasteiger partial charge on any atom is 0.223 e. The summed E-state index contributed by atoms with van der Waals surface area (Å²) in [6, 6.07) is 4.09. The first kappa shape index (κ1) is 20.4. The van der Waals surface area contributed by atoms with E-state index >= 15 is 0 Å². The number of amides is 1. The molecule has 0 aliphatic rings. The van der Waals surface area contributed by atoms with Crippen LogP contribution in [0.15, 0.2) is 16.6 Å².